The van der Waals surface area contributed by atoms with E-state index in [9.17, 15) is 4.39 Å². The van der Waals surface area contributed by atoms with E-state index in [1.807, 2.05) is 12.3 Å². The Hall–Kier alpha value is -1.61. The molecule has 104 valence electrons. The fraction of sp³-hybridized carbons (Fsp3) is 0.412. The standard InChI is InChI=1S/C17H19FN2/c18-14-2-1-3-15-16(14)13(11-19-15)6-9-17-7-4-12(5-8-17)10-20-17/h1-4,7,11-12,19-20H,5-6,8-10H2. The van der Waals surface area contributed by atoms with Crippen LogP contribution in [0.3, 0.4) is 0 Å². The van der Waals surface area contributed by atoms with Gasteiger partial charge in [0.05, 0.1) is 0 Å². The second-order valence-corrected chi connectivity index (χ2v) is 6.17. The number of halogens is 1. The summed E-state index contributed by atoms with van der Waals surface area (Å²) in [5.74, 6) is 0.606. The summed E-state index contributed by atoms with van der Waals surface area (Å²) in [5.41, 5.74) is 2.13. The highest BCUT2D eigenvalue weighted by Gasteiger charge is 2.35. The molecule has 0 spiro atoms. The van der Waals surface area contributed by atoms with Crippen molar-refractivity contribution >= 4 is 10.9 Å². The SMILES string of the molecule is Fc1cccc2[nH]cc(CCC34C=CC(CC3)CN4)c12. The molecule has 2 bridgehead atoms. The Morgan fingerprint density at radius 3 is 3.05 bits per heavy atom. The van der Waals surface area contributed by atoms with Crippen LogP contribution in [0, 0.1) is 11.7 Å². The lowest BCUT2D eigenvalue weighted by molar-refractivity contribution is 0.241. The Balaban J connectivity index is 1.59. The molecule has 2 unspecified atom stereocenters. The second kappa shape index (κ2) is 4.45. The van der Waals surface area contributed by atoms with Gasteiger partial charge in [-0.15, -0.1) is 0 Å². The number of fused-ring (bicyclic) bond motifs is 3. The van der Waals surface area contributed by atoms with Gasteiger partial charge >= 0.3 is 0 Å². The molecule has 2 atom stereocenters. The zero-order valence-corrected chi connectivity index (χ0v) is 11.5. The van der Waals surface area contributed by atoms with Gasteiger partial charge in [-0.3, -0.25) is 0 Å². The van der Waals surface area contributed by atoms with Crippen molar-refractivity contribution < 1.29 is 4.39 Å². The van der Waals surface area contributed by atoms with Gasteiger partial charge in [-0.05, 0) is 49.3 Å². The number of aryl methyl sites for hydroxylation is 1. The molecule has 2 aliphatic heterocycles. The molecule has 3 heteroatoms. The first-order valence-electron chi connectivity index (χ1n) is 7.45. The third-order valence-corrected chi connectivity index (χ3v) is 4.94. The van der Waals surface area contributed by atoms with Crippen molar-refractivity contribution in [2.45, 2.75) is 31.2 Å². The predicted octanol–water partition coefficient (Wildman–Crippen LogP) is 3.55. The van der Waals surface area contributed by atoms with Gasteiger partial charge in [0.2, 0.25) is 0 Å². The van der Waals surface area contributed by atoms with Crippen LogP contribution in [0.25, 0.3) is 10.9 Å². The summed E-state index contributed by atoms with van der Waals surface area (Å²) >= 11 is 0. The van der Waals surface area contributed by atoms with Crippen LogP contribution in [0.5, 0.6) is 0 Å². The lowest BCUT2D eigenvalue weighted by atomic mass is 9.75. The molecule has 1 saturated heterocycles. The van der Waals surface area contributed by atoms with Crippen LogP contribution in [0.15, 0.2) is 36.5 Å². The molecule has 1 aliphatic carbocycles. The minimum Gasteiger partial charge on any atom is -0.361 e. The number of benzene rings is 1. The Morgan fingerprint density at radius 2 is 2.30 bits per heavy atom. The van der Waals surface area contributed by atoms with Crippen molar-refractivity contribution in [1.82, 2.24) is 10.3 Å². The highest BCUT2D eigenvalue weighted by Crippen LogP contribution is 2.35. The third kappa shape index (κ3) is 1.88. The first-order valence-corrected chi connectivity index (χ1v) is 7.45. The molecule has 2 nitrogen and oxygen atoms in total. The molecule has 2 N–H and O–H groups in total. The Labute approximate surface area is 118 Å². The maximum absolute atomic E-state index is 14.0. The van der Waals surface area contributed by atoms with Gasteiger partial charge in [-0.2, -0.15) is 0 Å². The van der Waals surface area contributed by atoms with Crippen LogP contribution in [0.1, 0.15) is 24.8 Å². The van der Waals surface area contributed by atoms with Crippen LogP contribution < -0.4 is 5.32 Å². The molecular formula is C17H19FN2. The average molecular weight is 270 g/mol. The van der Waals surface area contributed by atoms with Gasteiger partial charge in [0.15, 0.2) is 0 Å². The molecule has 3 heterocycles. The first-order chi connectivity index (χ1) is 9.76. The molecule has 1 aromatic heterocycles. The zero-order chi connectivity index (χ0) is 13.6. The van der Waals surface area contributed by atoms with Crippen LogP contribution in [-0.4, -0.2) is 17.1 Å². The molecule has 0 amide bonds. The summed E-state index contributed by atoms with van der Waals surface area (Å²) in [4.78, 5) is 3.18. The molecular weight excluding hydrogens is 251 g/mol. The first kappa shape index (κ1) is 12.2. The van der Waals surface area contributed by atoms with E-state index < -0.39 is 0 Å². The van der Waals surface area contributed by atoms with Crippen molar-refractivity contribution in [3.63, 3.8) is 0 Å². The fourth-order valence-electron chi connectivity index (χ4n) is 3.65. The fourth-order valence-corrected chi connectivity index (χ4v) is 3.65. The van der Waals surface area contributed by atoms with E-state index in [1.54, 1.807) is 12.1 Å². The third-order valence-electron chi connectivity index (χ3n) is 4.94. The molecule has 2 aromatic rings. The Kier molecular flexibility index (Phi) is 2.71. The minimum atomic E-state index is -0.118. The van der Waals surface area contributed by atoms with E-state index in [1.165, 1.54) is 12.8 Å². The van der Waals surface area contributed by atoms with Crippen LogP contribution in [-0.2, 0) is 6.42 Å². The van der Waals surface area contributed by atoms with Crippen LogP contribution in [0.4, 0.5) is 4.39 Å². The summed E-state index contributed by atoms with van der Waals surface area (Å²) in [7, 11) is 0. The molecule has 1 fully saturated rings. The van der Waals surface area contributed by atoms with E-state index in [0.29, 0.717) is 0 Å². The van der Waals surface area contributed by atoms with Gasteiger partial charge in [0, 0.05) is 29.2 Å². The summed E-state index contributed by atoms with van der Waals surface area (Å²) in [6, 6.07) is 5.23. The Bertz CT molecular complexity index is 663. The summed E-state index contributed by atoms with van der Waals surface area (Å²) < 4.78 is 14.0. The summed E-state index contributed by atoms with van der Waals surface area (Å²) in [6.45, 7) is 1.10. The van der Waals surface area contributed by atoms with Crippen LogP contribution >= 0.6 is 0 Å². The number of rotatable bonds is 3. The smallest absolute Gasteiger partial charge is 0.132 e. The lowest BCUT2D eigenvalue weighted by Gasteiger charge is -2.43. The summed E-state index contributed by atoms with van der Waals surface area (Å²) in [6.07, 6.45) is 11.1. The number of hydrogen-bond acceptors (Lipinski definition) is 1. The highest BCUT2D eigenvalue weighted by atomic mass is 19.1. The van der Waals surface area contributed by atoms with Crippen molar-refractivity contribution in [3.8, 4) is 0 Å². The van der Waals surface area contributed by atoms with Gasteiger partial charge in [-0.25, -0.2) is 4.39 Å². The largest absolute Gasteiger partial charge is 0.361 e. The van der Waals surface area contributed by atoms with Gasteiger partial charge in [-0.1, -0.05) is 18.2 Å². The average Bonchev–Trinajstić information content (AvgIpc) is 2.92. The van der Waals surface area contributed by atoms with Gasteiger partial charge in [0.25, 0.3) is 0 Å². The molecule has 0 radical (unpaired) electrons. The topological polar surface area (TPSA) is 27.8 Å². The summed E-state index contributed by atoms with van der Waals surface area (Å²) in [5, 5.41) is 4.43. The monoisotopic (exact) mass is 270 g/mol. The quantitative estimate of drug-likeness (QED) is 0.820. The van der Waals surface area contributed by atoms with Crippen molar-refractivity contribution in [1.29, 1.82) is 0 Å². The highest BCUT2D eigenvalue weighted by molar-refractivity contribution is 5.83. The molecule has 3 aliphatic rings. The molecule has 1 aromatic carbocycles. The van der Waals surface area contributed by atoms with E-state index in [4.69, 9.17) is 0 Å². The van der Waals surface area contributed by atoms with E-state index in [2.05, 4.69) is 22.5 Å². The molecule has 5 rings (SSSR count). The van der Waals surface area contributed by atoms with Gasteiger partial charge < -0.3 is 10.3 Å². The minimum absolute atomic E-state index is 0.118. The molecule has 20 heavy (non-hydrogen) atoms. The number of aromatic nitrogens is 1. The normalized spacial score (nSPS) is 28.4. The van der Waals surface area contributed by atoms with Gasteiger partial charge in [0.1, 0.15) is 5.82 Å². The molecule has 0 saturated carbocycles. The van der Waals surface area contributed by atoms with E-state index in [0.717, 1.165) is 41.8 Å². The number of H-pyrrole nitrogens is 1. The number of hydrogen-bond donors (Lipinski definition) is 2. The van der Waals surface area contributed by atoms with Crippen LogP contribution in [0.2, 0.25) is 0 Å². The zero-order valence-electron chi connectivity index (χ0n) is 11.5. The Morgan fingerprint density at radius 1 is 1.35 bits per heavy atom. The number of nitrogens with one attached hydrogen (secondary N) is 2. The number of aromatic amines is 1. The maximum Gasteiger partial charge on any atom is 0.132 e. The maximum atomic E-state index is 14.0. The van der Waals surface area contributed by atoms with Crippen molar-refractivity contribution in [3.05, 3.63) is 47.9 Å². The predicted molar refractivity (Wildman–Crippen MR) is 79.2 cm³/mol. The van der Waals surface area contributed by atoms with Crippen molar-refractivity contribution in [2.75, 3.05) is 6.54 Å². The lowest BCUT2D eigenvalue weighted by Crippen LogP contribution is -2.52. The number of piperidine rings is 1. The van der Waals surface area contributed by atoms with E-state index in [-0.39, 0.29) is 11.4 Å². The van der Waals surface area contributed by atoms with Crippen molar-refractivity contribution in [2.24, 2.45) is 5.92 Å². The second-order valence-electron chi connectivity index (χ2n) is 6.17. The van der Waals surface area contributed by atoms with E-state index >= 15 is 0 Å².